The molecule has 1 aromatic rings. The van der Waals surface area contributed by atoms with E-state index < -0.39 is 0 Å². The molecule has 1 amide bonds. The highest BCUT2D eigenvalue weighted by molar-refractivity contribution is 5.84. The van der Waals surface area contributed by atoms with Crippen molar-refractivity contribution in [3.8, 4) is 5.75 Å². The van der Waals surface area contributed by atoms with Gasteiger partial charge in [0.1, 0.15) is 5.75 Å². The molecule has 0 spiro atoms. The summed E-state index contributed by atoms with van der Waals surface area (Å²) in [6.07, 6.45) is 2.50. The molecule has 5 heteroatoms. The lowest BCUT2D eigenvalue weighted by Crippen LogP contribution is -2.43. The maximum atomic E-state index is 12.7. The van der Waals surface area contributed by atoms with Gasteiger partial charge in [-0.1, -0.05) is 12.1 Å². The van der Waals surface area contributed by atoms with Crippen molar-refractivity contribution in [2.45, 2.75) is 32.1 Å². The van der Waals surface area contributed by atoms with Crippen LogP contribution in [0.2, 0.25) is 0 Å². The van der Waals surface area contributed by atoms with Crippen LogP contribution in [-0.2, 0) is 14.3 Å². The Morgan fingerprint density at radius 2 is 2.04 bits per heavy atom. The van der Waals surface area contributed by atoms with Gasteiger partial charge in [-0.3, -0.25) is 9.59 Å². The van der Waals surface area contributed by atoms with E-state index in [0.717, 1.165) is 31.4 Å². The van der Waals surface area contributed by atoms with Crippen LogP contribution in [0.25, 0.3) is 0 Å². The molecule has 2 fully saturated rings. The van der Waals surface area contributed by atoms with Crippen molar-refractivity contribution in [1.29, 1.82) is 0 Å². The number of nitrogens with zero attached hydrogens (tertiary/aromatic N) is 1. The Hall–Kier alpha value is -2.04. The van der Waals surface area contributed by atoms with Crippen molar-refractivity contribution < 1.29 is 19.4 Å². The van der Waals surface area contributed by atoms with Crippen LogP contribution in [0.3, 0.4) is 0 Å². The molecule has 1 saturated heterocycles. The molecule has 124 valence electrons. The summed E-state index contributed by atoms with van der Waals surface area (Å²) in [4.78, 5) is 26.4. The first-order chi connectivity index (χ1) is 11.1. The van der Waals surface area contributed by atoms with Crippen LogP contribution in [-0.4, -0.2) is 41.6 Å². The van der Waals surface area contributed by atoms with Gasteiger partial charge >= 0.3 is 5.97 Å². The molecule has 5 nitrogen and oxygen atoms in total. The smallest absolute Gasteiger partial charge is 0.310 e. The zero-order chi connectivity index (χ0) is 16.4. The number of carbonyl (C=O) groups is 2. The summed E-state index contributed by atoms with van der Waals surface area (Å²) in [5.74, 6) is 0.281. The molecule has 0 bridgehead atoms. The van der Waals surface area contributed by atoms with Crippen molar-refractivity contribution in [1.82, 2.24) is 4.90 Å². The van der Waals surface area contributed by atoms with Gasteiger partial charge in [-0.05, 0) is 49.8 Å². The van der Waals surface area contributed by atoms with Crippen LogP contribution < -0.4 is 0 Å². The summed E-state index contributed by atoms with van der Waals surface area (Å²) in [7, 11) is 0. The third-order valence-corrected chi connectivity index (χ3v) is 4.78. The number of piperidine rings is 1. The summed E-state index contributed by atoms with van der Waals surface area (Å²) in [6, 6.07) is 7.08. The van der Waals surface area contributed by atoms with E-state index in [1.165, 1.54) is 0 Å². The van der Waals surface area contributed by atoms with Crippen LogP contribution in [0, 0.1) is 11.8 Å². The fraction of sp³-hybridized carbons (Fsp3) is 0.556. The largest absolute Gasteiger partial charge is 0.508 e. The zero-order valence-electron chi connectivity index (χ0n) is 13.4. The Labute approximate surface area is 136 Å². The standard InChI is InChI=1S/C18H23NO4/c1-2-23-18(22)13-4-3-9-19(11-13)17(21)16-10-15(16)12-5-7-14(20)8-6-12/h5-8,13,15-16,20H,2-4,9-11H2,1H3. The molecule has 0 radical (unpaired) electrons. The molecule has 1 heterocycles. The summed E-state index contributed by atoms with van der Waals surface area (Å²) in [6.45, 7) is 3.40. The minimum atomic E-state index is -0.184. The molecular weight excluding hydrogens is 294 g/mol. The number of phenolic OH excluding ortho intramolecular Hbond substituents is 1. The third-order valence-electron chi connectivity index (χ3n) is 4.78. The molecule has 0 aromatic heterocycles. The second kappa shape index (κ2) is 6.60. The van der Waals surface area contributed by atoms with E-state index in [0.29, 0.717) is 13.2 Å². The SMILES string of the molecule is CCOC(=O)C1CCCN(C(=O)C2CC2c2ccc(O)cc2)C1. The van der Waals surface area contributed by atoms with Crippen molar-refractivity contribution >= 4 is 11.9 Å². The van der Waals surface area contributed by atoms with E-state index in [2.05, 4.69) is 0 Å². The maximum Gasteiger partial charge on any atom is 0.310 e. The number of phenols is 1. The van der Waals surface area contributed by atoms with Crippen LogP contribution in [0.1, 0.15) is 37.7 Å². The van der Waals surface area contributed by atoms with Gasteiger partial charge in [-0.25, -0.2) is 0 Å². The van der Waals surface area contributed by atoms with Crippen LogP contribution in [0.4, 0.5) is 0 Å². The fourth-order valence-electron chi connectivity index (χ4n) is 3.42. The lowest BCUT2D eigenvalue weighted by molar-refractivity contribution is -0.151. The predicted octanol–water partition coefficient (Wildman–Crippen LogP) is 2.30. The molecule has 1 N–H and O–H groups in total. The zero-order valence-corrected chi connectivity index (χ0v) is 13.4. The Morgan fingerprint density at radius 1 is 1.30 bits per heavy atom. The van der Waals surface area contributed by atoms with Crippen molar-refractivity contribution in [3.05, 3.63) is 29.8 Å². The first-order valence-corrected chi connectivity index (χ1v) is 8.34. The molecule has 2 aliphatic rings. The van der Waals surface area contributed by atoms with Crippen LogP contribution >= 0.6 is 0 Å². The number of amides is 1. The highest BCUT2D eigenvalue weighted by atomic mass is 16.5. The van der Waals surface area contributed by atoms with Gasteiger partial charge in [0.25, 0.3) is 0 Å². The molecule has 3 atom stereocenters. The van der Waals surface area contributed by atoms with Crippen molar-refractivity contribution in [2.24, 2.45) is 11.8 Å². The molecular formula is C18H23NO4. The quantitative estimate of drug-likeness (QED) is 0.865. The van der Waals surface area contributed by atoms with Gasteiger partial charge in [0.2, 0.25) is 5.91 Å². The third kappa shape index (κ3) is 3.49. The summed E-state index contributed by atoms with van der Waals surface area (Å²) >= 11 is 0. The molecule has 1 aliphatic carbocycles. The van der Waals surface area contributed by atoms with Gasteiger partial charge < -0.3 is 14.7 Å². The predicted molar refractivity (Wildman–Crippen MR) is 84.9 cm³/mol. The number of carbonyl (C=O) groups excluding carboxylic acids is 2. The highest BCUT2D eigenvalue weighted by Gasteiger charge is 2.46. The van der Waals surface area contributed by atoms with Crippen molar-refractivity contribution in [2.75, 3.05) is 19.7 Å². The van der Waals surface area contributed by atoms with Gasteiger partial charge in [-0.2, -0.15) is 0 Å². The number of esters is 1. The van der Waals surface area contributed by atoms with Gasteiger partial charge in [0, 0.05) is 19.0 Å². The first-order valence-electron chi connectivity index (χ1n) is 8.34. The van der Waals surface area contributed by atoms with E-state index in [1.807, 2.05) is 17.0 Å². The average Bonchev–Trinajstić information content (AvgIpc) is 3.36. The minimum Gasteiger partial charge on any atom is -0.508 e. The Morgan fingerprint density at radius 3 is 2.74 bits per heavy atom. The summed E-state index contributed by atoms with van der Waals surface area (Å²) in [5, 5.41) is 9.34. The van der Waals surface area contributed by atoms with E-state index in [1.54, 1.807) is 19.1 Å². The molecule has 1 aromatic carbocycles. The van der Waals surface area contributed by atoms with Crippen LogP contribution in [0.15, 0.2) is 24.3 Å². The second-order valence-corrected chi connectivity index (χ2v) is 6.42. The Bertz CT molecular complexity index is 583. The molecule has 3 rings (SSSR count). The van der Waals surface area contributed by atoms with Gasteiger partial charge in [0.05, 0.1) is 12.5 Å². The number of rotatable bonds is 4. The number of hydrogen-bond donors (Lipinski definition) is 1. The number of aromatic hydroxyl groups is 1. The van der Waals surface area contributed by atoms with Gasteiger partial charge in [-0.15, -0.1) is 0 Å². The number of likely N-dealkylation sites (tertiary alicyclic amines) is 1. The normalized spacial score (nSPS) is 26.7. The van der Waals surface area contributed by atoms with E-state index in [4.69, 9.17) is 4.74 Å². The van der Waals surface area contributed by atoms with Crippen LogP contribution in [0.5, 0.6) is 5.75 Å². The van der Waals surface area contributed by atoms with Gasteiger partial charge in [0.15, 0.2) is 0 Å². The Balaban J connectivity index is 1.58. The van der Waals surface area contributed by atoms with Crippen molar-refractivity contribution in [3.63, 3.8) is 0 Å². The molecule has 3 unspecified atom stereocenters. The molecule has 1 aliphatic heterocycles. The monoisotopic (exact) mass is 317 g/mol. The first kappa shape index (κ1) is 15.8. The topological polar surface area (TPSA) is 66.8 Å². The lowest BCUT2D eigenvalue weighted by Gasteiger charge is -2.31. The minimum absolute atomic E-state index is 0.0143. The highest BCUT2D eigenvalue weighted by Crippen LogP contribution is 2.49. The molecule has 1 saturated carbocycles. The number of ether oxygens (including phenoxy) is 1. The summed E-state index contributed by atoms with van der Waals surface area (Å²) < 4.78 is 5.09. The fourth-order valence-corrected chi connectivity index (χ4v) is 3.42. The lowest BCUT2D eigenvalue weighted by atomic mass is 9.97. The van der Waals surface area contributed by atoms with E-state index in [9.17, 15) is 14.7 Å². The van der Waals surface area contributed by atoms with E-state index in [-0.39, 0.29) is 35.4 Å². The summed E-state index contributed by atoms with van der Waals surface area (Å²) in [5.41, 5.74) is 1.10. The maximum absolute atomic E-state index is 12.7. The van der Waals surface area contributed by atoms with E-state index >= 15 is 0 Å². The number of hydrogen-bond acceptors (Lipinski definition) is 4. The second-order valence-electron chi connectivity index (χ2n) is 6.42. The number of benzene rings is 1. The Kier molecular flexibility index (Phi) is 4.55. The average molecular weight is 317 g/mol. The molecule has 23 heavy (non-hydrogen) atoms.